The second kappa shape index (κ2) is 7.01. The van der Waals surface area contributed by atoms with Gasteiger partial charge in [0.1, 0.15) is 0 Å². The minimum absolute atomic E-state index is 0.359. The van der Waals surface area contributed by atoms with E-state index in [0.717, 1.165) is 12.6 Å². The SMILES string of the molecule is CCC1CNC(CC)(CC)CN1C(C)CSC. The van der Waals surface area contributed by atoms with Gasteiger partial charge in [0.05, 0.1) is 0 Å². The lowest BCUT2D eigenvalue weighted by Crippen LogP contribution is -2.65. The smallest absolute Gasteiger partial charge is 0.0304 e. The Morgan fingerprint density at radius 2 is 2.00 bits per heavy atom. The molecule has 1 N–H and O–H groups in total. The average molecular weight is 258 g/mol. The van der Waals surface area contributed by atoms with Gasteiger partial charge in [-0.2, -0.15) is 11.8 Å². The Kier molecular flexibility index (Phi) is 6.32. The van der Waals surface area contributed by atoms with Gasteiger partial charge in [-0.1, -0.05) is 20.8 Å². The summed E-state index contributed by atoms with van der Waals surface area (Å²) in [5.74, 6) is 1.25. The number of nitrogens with zero attached hydrogens (tertiary/aromatic N) is 1. The van der Waals surface area contributed by atoms with Gasteiger partial charge in [0.2, 0.25) is 0 Å². The zero-order valence-electron chi connectivity index (χ0n) is 12.3. The summed E-state index contributed by atoms with van der Waals surface area (Å²) in [4.78, 5) is 2.75. The summed E-state index contributed by atoms with van der Waals surface area (Å²) in [6, 6.07) is 1.43. The maximum absolute atomic E-state index is 3.81. The molecule has 0 aromatic rings. The summed E-state index contributed by atoms with van der Waals surface area (Å²) < 4.78 is 0. The molecule has 2 nitrogen and oxygen atoms in total. The van der Waals surface area contributed by atoms with Gasteiger partial charge >= 0.3 is 0 Å². The first kappa shape index (κ1) is 15.3. The lowest BCUT2D eigenvalue weighted by atomic mass is 9.87. The van der Waals surface area contributed by atoms with Crippen LogP contribution < -0.4 is 5.32 Å². The van der Waals surface area contributed by atoms with Crippen LogP contribution in [0.4, 0.5) is 0 Å². The third-order valence-corrected chi connectivity index (χ3v) is 5.28. The Balaban J connectivity index is 2.73. The van der Waals surface area contributed by atoms with Gasteiger partial charge in [0.15, 0.2) is 0 Å². The normalized spacial score (nSPS) is 27.0. The predicted molar refractivity (Wildman–Crippen MR) is 79.9 cm³/mol. The maximum Gasteiger partial charge on any atom is 0.0304 e. The van der Waals surface area contributed by atoms with E-state index in [0.29, 0.717) is 11.6 Å². The predicted octanol–water partition coefficient (Wildman–Crippen LogP) is 2.98. The summed E-state index contributed by atoms with van der Waals surface area (Å²) in [5, 5.41) is 3.81. The van der Waals surface area contributed by atoms with Crippen molar-refractivity contribution in [3.63, 3.8) is 0 Å². The van der Waals surface area contributed by atoms with E-state index in [-0.39, 0.29) is 0 Å². The molecule has 0 amide bonds. The molecule has 0 radical (unpaired) electrons. The van der Waals surface area contributed by atoms with Crippen LogP contribution in [0.3, 0.4) is 0 Å². The molecule has 17 heavy (non-hydrogen) atoms. The summed E-state index contributed by atoms with van der Waals surface area (Å²) in [7, 11) is 0. The first-order chi connectivity index (χ1) is 8.12. The third kappa shape index (κ3) is 3.62. The van der Waals surface area contributed by atoms with Crippen molar-refractivity contribution in [1.82, 2.24) is 10.2 Å². The highest BCUT2D eigenvalue weighted by Gasteiger charge is 2.37. The zero-order valence-corrected chi connectivity index (χ0v) is 13.1. The monoisotopic (exact) mass is 258 g/mol. The topological polar surface area (TPSA) is 15.3 Å². The second-order valence-electron chi connectivity index (χ2n) is 5.41. The largest absolute Gasteiger partial charge is 0.308 e. The fraction of sp³-hybridized carbons (Fsp3) is 1.00. The molecule has 0 aromatic heterocycles. The Morgan fingerprint density at radius 3 is 2.47 bits per heavy atom. The standard InChI is InChI=1S/C14H30N2S/c1-6-13-9-15-14(7-2,8-3)11-16(13)12(4)10-17-5/h12-13,15H,6-11H2,1-5H3. The number of hydrogen-bond donors (Lipinski definition) is 1. The van der Waals surface area contributed by atoms with Gasteiger partial charge < -0.3 is 5.32 Å². The van der Waals surface area contributed by atoms with Crippen molar-refractivity contribution in [1.29, 1.82) is 0 Å². The van der Waals surface area contributed by atoms with Gasteiger partial charge in [-0.05, 0) is 32.4 Å². The summed E-state index contributed by atoms with van der Waals surface area (Å²) in [6.07, 6.45) is 5.95. The van der Waals surface area contributed by atoms with Crippen LogP contribution in [0.15, 0.2) is 0 Å². The molecule has 2 atom stereocenters. The van der Waals surface area contributed by atoms with E-state index < -0.39 is 0 Å². The summed E-state index contributed by atoms with van der Waals surface area (Å²) in [6.45, 7) is 11.7. The van der Waals surface area contributed by atoms with Crippen LogP contribution in [0.5, 0.6) is 0 Å². The molecule has 1 rings (SSSR count). The van der Waals surface area contributed by atoms with Gasteiger partial charge in [-0.25, -0.2) is 0 Å². The molecule has 0 saturated carbocycles. The van der Waals surface area contributed by atoms with E-state index in [9.17, 15) is 0 Å². The van der Waals surface area contributed by atoms with E-state index in [4.69, 9.17) is 0 Å². The Labute approximate surface area is 112 Å². The molecular formula is C14H30N2S. The van der Waals surface area contributed by atoms with Crippen molar-refractivity contribution < 1.29 is 0 Å². The van der Waals surface area contributed by atoms with Crippen molar-refractivity contribution in [3.05, 3.63) is 0 Å². The molecule has 0 aromatic carbocycles. The van der Waals surface area contributed by atoms with E-state index in [1.807, 2.05) is 11.8 Å². The number of piperazine rings is 1. The number of rotatable bonds is 6. The summed E-state index contributed by atoms with van der Waals surface area (Å²) in [5.41, 5.74) is 0.359. The van der Waals surface area contributed by atoms with Crippen molar-refractivity contribution in [2.45, 2.75) is 64.6 Å². The summed E-state index contributed by atoms with van der Waals surface area (Å²) >= 11 is 1.97. The Morgan fingerprint density at radius 1 is 1.35 bits per heavy atom. The van der Waals surface area contributed by atoms with E-state index in [1.54, 1.807) is 0 Å². The molecule has 1 saturated heterocycles. The van der Waals surface area contributed by atoms with Crippen LogP contribution in [0, 0.1) is 0 Å². The fourth-order valence-electron chi connectivity index (χ4n) is 2.94. The molecule has 0 spiro atoms. The van der Waals surface area contributed by atoms with Crippen molar-refractivity contribution in [2.75, 3.05) is 25.1 Å². The van der Waals surface area contributed by atoms with Crippen LogP contribution >= 0.6 is 11.8 Å². The molecule has 1 aliphatic rings. The van der Waals surface area contributed by atoms with Crippen molar-refractivity contribution >= 4 is 11.8 Å². The fourth-order valence-corrected chi connectivity index (χ4v) is 3.62. The highest BCUT2D eigenvalue weighted by atomic mass is 32.2. The van der Waals surface area contributed by atoms with Gasteiger partial charge in [0.25, 0.3) is 0 Å². The molecule has 1 aliphatic heterocycles. The molecule has 3 heteroatoms. The molecule has 1 fully saturated rings. The maximum atomic E-state index is 3.81. The molecule has 102 valence electrons. The minimum atomic E-state index is 0.359. The highest BCUT2D eigenvalue weighted by Crippen LogP contribution is 2.26. The molecule has 1 heterocycles. The first-order valence-electron chi connectivity index (χ1n) is 7.12. The van der Waals surface area contributed by atoms with Gasteiger partial charge in [0, 0.05) is 36.5 Å². The first-order valence-corrected chi connectivity index (χ1v) is 8.51. The number of thioether (sulfide) groups is 1. The Bertz CT molecular complexity index is 216. The molecule has 0 aliphatic carbocycles. The van der Waals surface area contributed by atoms with E-state index in [2.05, 4.69) is 44.2 Å². The van der Waals surface area contributed by atoms with Crippen LogP contribution in [0.25, 0.3) is 0 Å². The van der Waals surface area contributed by atoms with Gasteiger partial charge in [-0.3, -0.25) is 4.90 Å². The van der Waals surface area contributed by atoms with E-state index in [1.165, 1.54) is 31.6 Å². The molecule has 0 bridgehead atoms. The minimum Gasteiger partial charge on any atom is -0.308 e. The zero-order chi connectivity index (χ0) is 12.9. The highest BCUT2D eigenvalue weighted by molar-refractivity contribution is 7.98. The van der Waals surface area contributed by atoms with Crippen LogP contribution in [-0.2, 0) is 0 Å². The molecule has 2 unspecified atom stereocenters. The van der Waals surface area contributed by atoms with Crippen LogP contribution in [0.1, 0.15) is 47.0 Å². The average Bonchev–Trinajstić information content (AvgIpc) is 2.38. The van der Waals surface area contributed by atoms with Crippen LogP contribution in [0.2, 0.25) is 0 Å². The molecular weight excluding hydrogens is 228 g/mol. The van der Waals surface area contributed by atoms with E-state index >= 15 is 0 Å². The van der Waals surface area contributed by atoms with Crippen molar-refractivity contribution in [3.8, 4) is 0 Å². The Hall–Kier alpha value is 0.270. The third-order valence-electron chi connectivity index (χ3n) is 4.47. The van der Waals surface area contributed by atoms with Crippen LogP contribution in [-0.4, -0.2) is 47.6 Å². The lowest BCUT2D eigenvalue weighted by molar-refractivity contribution is 0.0478. The lowest BCUT2D eigenvalue weighted by Gasteiger charge is -2.49. The quantitative estimate of drug-likeness (QED) is 0.788. The van der Waals surface area contributed by atoms with Gasteiger partial charge in [-0.15, -0.1) is 0 Å². The second-order valence-corrected chi connectivity index (χ2v) is 6.32. The number of nitrogens with one attached hydrogen (secondary N) is 1. The number of hydrogen-bond acceptors (Lipinski definition) is 3. The van der Waals surface area contributed by atoms with Crippen molar-refractivity contribution in [2.24, 2.45) is 0 Å².